The van der Waals surface area contributed by atoms with E-state index in [1.165, 1.54) is 12.1 Å². The van der Waals surface area contributed by atoms with Gasteiger partial charge in [0.15, 0.2) is 0 Å². The molecule has 1 saturated heterocycles. The van der Waals surface area contributed by atoms with Gasteiger partial charge in [0.25, 0.3) is 0 Å². The number of rotatable bonds is 2. The van der Waals surface area contributed by atoms with Crippen LogP contribution >= 0.6 is 11.6 Å². The van der Waals surface area contributed by atoms with E-state index < -0.39 is 17.8 Å². The summed E-state index contributed by atoms with van der Waals surface area (Å²) in [4.78, 5) is 24.5. The van der Waals surface area contributed by atoms with Crippen LogP contribution in [0.25, 0.3) is 0 Å². The van der Waals surface area contributed by atoms with E-state index in [9.17, 15) is 14.0 Å². The maximum absolute atomic E-state index is 13.3. The second-order valence-electron chi connectivity index (χ2n) is 4.21. The highest BCUT2D eigenvalue weighted by molar-refractivity contribution is 6.30. The third-order valence-corrected chi connectivity index (χ3v) is 3.18. The van der Waals surface area contributed by atoms with E-state index in [0.29, 0.717) is 12.0 Å². The van der Waals surface area contributed by atoms with Crippen molar-refractivity contribution in [3.8, 4) is 0 Å². The molecule has 1 unspecified atom stereocenters. The highest BCUT2D eigenvalue weighted by atomic mass is 35.5. The fourth-order valence-electron chi connectivity index (χ4n) is 1.85. The average molecular weight is 271 g/mol. The summed E-state index contributed by atoms with van der Waals surface area (Å²) in [5.74, 6) is -1.27. The first-order valence-corrected chi connectivity index (χ1v) is 5.90. The molecule has 1 aliphatic rings. The highest BCUT2D eigenvalue weighted by Gasteiger charge is 2.31. The van der Waals surface area contributed by atoms with Gasteiger partial charge in [-0.2, -0.15) is 0 Å². The number of carbonyl (C=O) groups excluding carboxylic acids is 2. The molecule has 2 N–H and O–H groups in total. The molecule has 1 fully saturated rings. The molecule has 1 aliphatic heterocycles. The van der Waals surface area contributed by atoms with Crippen LogP contribution in [0.5, 0.6) is 0 Å². The van der Waals surface area contributed by atoms with Crippen molar-refractivity contribution in [2.45, 2.75) is 25.4 Å². The van der Waals surface area contributed by atoms with Crippen molar-refractivity contribution in [1.29, 1.82) is 0 Å². The number of nitrogens with zero attached hydrogens (tertiary/aromatic N) is 1. The van der Waals surface area contributed by atoms with E-state index in [4.69, 9.17) is 17.3 Å². The normalized spacial score (nSPS) is 20.4. The van der Waals surface area contributed by atoms with Crippen molar-refractivity contribution in [3.63, 3.8) is 0 Å². The van der Waals surface area contributed by atoms with E-state index in [2.05, 4.69) is 0 Å². The highest BCUT2D eigenvalue weighted by Crippen LogP contribution is 2.19. The minimum atomic E-state index is -0.653. The fourth-order valence-corrected chi connectivity index (χ4v) is 1.96. The van der Waals surface area contributed by atoms with Gasteiger partial charge >= 0.3 is 0 Å². The Morgan fingerprint density at radius 1 is 1.44 bits per heavy atom. The number of amides is 2. The monoisotopic (exact) mass is 270 g/mol. The third kappa shape index (κ3) is 2.52. The zero-order valence-electron chi connectivity index (χ0n) is 9.53. The first-order valence-electron chi connectivity index (χ1n) is 5.53. The summed E-state index contributed by atoms with van der Waals surface area (Å²) in [6.07, 6.45) is 0.603. The maximum atomic E-state index is 13.3. The first-order chi connectivity index (χ1) is 8.49. The van der Waals surface area contributed by atoms with Crippen molar-refractivity contribution < 1.29 is 14.0 Å². The lowest BCUT2D eigenvalue weighted by atomic mass is 10.0. The van der Waals surface area contributed by atoms with Crippen molar-refractivity contribution in [3.05, 3.63) is 34.6 Å². The molecule has 0 aliphatic carbocycles. The van der Waals surface area contributed by atoms with Crippen LogP contribution in [-0.2, 0) is 16.1 Å². The fraction of sp³-hybridized carbons (Fsp3) is 0.333. The predicted molar refractivity (Wildman–Crippen MR) is 64.2 cm³/mol. The van der Waals surface area contributed by atoms with Crippen LogP contribution in [0.3, 0.4) is 0 Å². The van der Waals surface area contributed by atoms with Crippen molar-refractivity contribution in [1.82, 2.24) is 4.90 Å². The van der Waals surface area contributed by atoms with Gasteiger partial charge in [0.1, 0.15) is 5.82 Å². The van der Waals surface area contributed by atoms with Crippen LogP contribution in [0.15, 0.2) is 18.2 Å². The summed E-state index contributed by atoms with van der Waals surface area (Å²) in [6, 6.07) is 3.53. The Kier molecular flexibility index (Phi) is 3.63. The van der Waals surface area contributed by atoms with E-state index >= 15 is 0 Å². The summed E-state index contributed by atoms with van der Waals surface area (Å²) in [5, 5.41) is 0.00625. The summed E-state index contributed by atoms with van der Waals surface area (Å²) in [6.45, 7) is 0.0272. The van der Waals surface area contributed by atoms with Gasteiger partial charge in [-0.25, -0.2) is 4.39 Å². The van der Waals surface area contributed by atoms with Crippen LogP contribution in [0.4, 0.5) is 4.39 Å². The minimum Gasteiger partial charge on any atom is -0.320 e. The van der Waals surface area contributed by atoms with E-state index in [-0.39, 0.29) is 23.9 Å². The van der Waals surface area contributed by atoms with Crippen LogP contribution in [0.2, 0.25) is 5.02 Å². The maximum Gasteiger partial charge on any atom is 0.246 e. The lowest BCUT2D eigenvalue weighted by molar-refractivity contribution is -0.149. The number of carbonyl (C=O) groups is 2. The molecule has 6 heteroatoms. The average Bonchev–Trinajstić information content (AvgIpc) is 2.34. The van der Waals surface area contributed by atoms with E-state index in [0.717, 1.165) is 4.90 Å². The molecule has 0 radical (unpaired) electrons. The van der Waals surface area contributed by atoms with Crippen LogP contribution in [0.1, 0.15) is 18.4 Å². The number of piperidine rings is 1. The lowest BCUT2D eigenvalue weighted by Gasteiger charge is -2.28. The zero-order valence-corrected chi connectivity index (χ0v) is 10.3. The summed E-state index contributed by atoms with van der Waals surface area (Å²) in [7, 11) is 0. The molecule has 2 amide bonds. The molecular weight excluding hydrogens is 259 g/mol. The summed E-state index contributed by atoms with van der Waals surface area (Å²) < 4.78 is 13.3. The van der Waals surface area contributed by atoms with Gasteiger partial charge in [-0.15, -0.1) is 0 Å². The van der Waals surface area contributed by atoms with Crippen molar-refractivity contribution in [2.75, 3.05) is 0 Å². The summed E-state index contributed by atoms with van der Waals surface area (Å²) >= 11 is 5.56. The Morgan fingerprint density at radius 3 is 2.83 bits per heavy atom. The van der Waals surface area contributed by atoms with Crippen LogP contribution < -0.4 is 5.73 Å². The predicted octanol–water partition coefficient (Wildman–Crippen LogP) is 1.46. The smallest absolute Gasteiger partial charge is 0.246 e. The first kappa shape index (κ1) is 13.0. The lowest BCUT2D eigenvalue weighted by Crippen LogP contribution is -2.50. The molecule has 96 valence electrons. The molecule has 1 aromatic rings. The minimum absolute atomic E-state index is 0.00625. The number of hydrogen-bond acceptors (Lipinski definition) is 3. The molecule has 0 saturated carbocycles. The van der Waals surface area contributed by atoms with Crippen LogP contribution in [-0.4, -0.2) is 22.8 Å². The third-order valence-electron chi connectivity index (χ3n) is 2.88. The van der Waals surface area contributed by atoms with Crippen LogP contribution in [0, 0.1) is 5.82 Å². The van der Waals surface area contributed by atoms with Gasteiger partial charge in [-0.3, -0.25) is 14.5 Å². The second-order valence-corrected chi connectivity index (χ2v) is 4.62. The van der Waals surface area contributed by atoms with Gasteiger partial charge < -0.3 is 5.73 Å². The number of nitrogens with two attached hydrogens (primary N) is 1. The van der Waals surface area contributed by atoms with Gasteiger partial charge in [0, 0.05) is 6.42 Å². The molecule has 1 heterocycles. The molecule has 2 rings (SSSR count). The molecular formula is C12H12ClFN2O2. The SMILES string of the molecule is NC1CCC(=O)N(Cc2ccc(Cl)c(F)c2)C1=O. The number of halogens is 2. The van der Waals surface area contributed by atoms with E-state index in [1.807, 2.05) is 0 Å². The molecule has 0 aromatic heterocycles. The Balaban J connectivity index is 2.18. The van der Waals surface area contributed by atoms with Gasteiger partial charge in [0.05, 0.1) is 17.6 Å². The Bertz CT molecular complexity index is 507. The second kappa shape index (κ2) is 5.04. The number of likely N-dealkylation sites (tertiary alicyclic amines) is 1. The number of benzene rings is 1. The van der Waals surface area contributed by atoms with Gasteiger partial charge in [0.2, 0.25) is 11.8 Å². The molecule has 18 heavy (non-hydrogen) atoms. The van der Waals surface area contributed by atoms with Gasteiger partial charge in [-0.1, -0.05) is 17.7 Å². The van der Waals surface area contributed by atoms with E-state index in [1.54, 1.807) is 6.07 Å². The molecule has 0 spiro atoms. The Morgan fingerprint density at radius 2 is 2.17 bits per heavy atom. The van der Waals surface area contributed by atoms with Crippen molar-refractivity contribution >= 4 is 23.4 Å². The largest absolute Gasteiger partial charge is 0.320 e. The van der Waals surface area contributed by atoms with Crippen molar-refractivity contribution in [2.24, 2.45) is 5.73 Å². The molecule has 1 aromatic carbocycles. The Labute approximate surface area is 109 Å². The molecule has 4 nitrogen and oxygen atoms in total. The molecule has 1 atom stereocenters. The number of hydrogen-bond donors (Lipinski definition) is 1. The standard InChI is InChI=1S/C12H12ClFN2O2/c13-8-2-1-7(5-9(8)14)6-16-11(17)4-3-10(15)12(16)18/h1-2,5,10H,3-4,6,15H2. The number of imide groups is 1. The molecule has 0 bridgehead atoms. The quantitative estimate of drug-likeness (QED) is 0.828. The van der Waals surface area contributed by atoms with Gasteiger partial charge in [-0.05, 0) is 24.1 Å². The zero-order chi connectivity index (χ0) is 13.3. The topological polar surface area (TPSA) is 63.4 Å². The Hall–Kier alpha value is -1.46. The summed E-state index contributed by atoms with van der Waals surface area (Å²) in [5.41, 5.74) is 6.11.